The Kier molecular flexibility index (Phi) is 5.49. The molecule has 0 atom stereocenters. The van der Waals surface area contributed by atoms with Crippen LogP contribution in [-0.4, -0.2) is 20.7 Å². The number of nitrogens with zero attached hydrogens (tertiary/aromatic N) is 2. The van der Waals surface area contributed by atoms with Crippen molar-refractivity contribution >= 4 is 18.1 Å². The Balaban J connectivity index is 2.02. The number of aryl methyl sites for hydroxylation is 3. The molecule has 0 spiro atoms. The van der Waals surface area contributed by atoms with Crippen molar-refractivity contribution in [2.24, 2.45) is 0 Å². The van der Waals surface area contributed by atoms with Crippen LogP contribution in [0, 0.1) is 18.6 Å². The van der Waals surface area contributed by atoms with Crippen molar-refractivity contribution in [3.05, 3.63) is 45.5 Å². The van der Waals surface area contributed by atoms with E-state index in [1.165, 1.54) is 16.7 Å². The maximum Gasteiger partial charge on any atom is 0.240 e. The van der Waals surface area contributed by atoms with Crippen LogP contribution in [0.4, 0.5) is 0 Å². The van der Waals surface area contributed by atoms with Crippen molar-refractivity contribution in [2.75, 3.05) is 0 Å². The first kappa shape index (κ1) is 16.4. The Labute approximate surface area is 135 Å². The molecule has 1 aromatic carbocycles. The number of nitrogens with one attached hydrogen (secondary N) is 2. The molecule has 1 amide bonds. The topological polar surface area (TPSA) is 62.7 Å². The summed E-state index contributed by atoms with van der Waals surface area (Å²) in [6.07, 6.45) is 1.76. The molecule has 2 N–H and O–H groups in total. The van der Waals surface area contributed by atoms with Crippen LogP contribution in [0.15, 0.2) is 18.2 Å². The van der Waals surface area contributed by atoms with Gasteiger partial charge in [-0.1, -0.05) is 25.1 Å². The number of amides is 1. The minimum absolute atomic E-state index is 0.0579. The molecule has 0 aliphatic heterocycles. The quantitative estimate of drug-likeness (QED) is 0.805. The van der Waals surface area contributed by atoms with Gasteiger partial charge in [-0.05, 0) is 49.2 Å². The molecule has 2 aromatic rings. The molecule has 6 heteroatoms. The maximum atomic E-state index is 12.2. The molecule has 0 fully saturated rings. The van der Waals surface area contributed by atoms with E-state index in [9.17, 15) is 4.79 Å². The molecule has 0 bridgehead atoms. The first-order valence-corrected chi connectivity index (χ1v) is 7.89. The number of aromatic nitrogens is 3. The fourth-order valence-electron chi connectivity index (χ4n) is 2.44. The Morgan fingerprint density at radius 3 is 2.68 bits per heavy atom. The molecule has 118 valence electrons. The number of aromatic amines is 1. The number of H-pyrrole nitrogens is 1. The lowest BCUT2D eigenvalue weighted by atomic mass is 10.0. The van der Waals surface area contributed by atoms with E-state index >= 15 is 0 Å². The molecule has 1 heterocycles. The molecule has 2 rings (SSSR count). The van der Waals surface area contributed by atoms with E-state index < -0.39 is 0 Å². The molecule has 0 aliphatic rings. The Morgan fingerprint density at radius 2 is 2.05 bits per heavy atom. The monoisotopic (exact) mass is 318 g/mol. The highest BCUT2D eigenvalue weighted by atomic mass is 32.1. The van der Waals surface area contributed by atoms with Crippen LogP contribution >= 0.6 is 12.2 Å². The van der Waals surface area contributed by atoms with E-state index in [-0.39, 0.29) is 12.5 Å². The molecule has 0 radical (unpaired) electrons. The van der Waals surface area contributed by atoms with Crippen LogP contribution in [0.5, 0.6) is 0 Å². The van der Waals surface area contributed by atoms with E-state index in [4.69, 9.17) is 12.2 Å². The third kappa shape index (κ3) is 3.82. The SMILES string of the molecule is CCCc1n[nH]c(=S)n1CC(=O)NCc1c(C)cccc1C. The van der Waals surface area contributed by atoms with Crippen molar-refractivity contribution < 1.29 is 4.79 Å². The number of carbonyl (C=O) groups is 1. The number of hydrogen-bond acceptors (Lipinski definition) is 3. The lowest BCUT2D eigenvalue weighted by Crippen LogP contribution is -2.28. The molecule has 5 nitrogen and oxygen atoms in total. The van der Waals surface area contributed by atoms with Gasteiger partial charge in [0.15, 0.2) is 4.77 Å². The second kappa shape index (κ2) is 7.35. The fourth-order valence-corrected chi connectivity index (χ4v) is 2.66. The van der Waals surface area contributed by atoms with E-state index in [1.807, 2.05) is 6.07 Å². The summed E-state index contributed by atoms with van der Waals surface area (Å²) in [6, 6.07) is 6.14. The average Bonchev–Trinajstić information content (AvgIpc) is 2.80. The molecule has 0 saturated heterocycles. The predicted octanol–water partition coefficient (Wildman–Crippen LogP) is 2.83. The average molecular weight is 318 g/mol. The number of benzene rings is 1. The van der Waals surface area contributed by atoms with Crippen molar-refractivity contribution in [1.82, 2.24) is 20.1 Å². The van der Waals surface area contributed by atoms with Gasteiger partial charge in [0.25, 0.3) is 0 Å². The summed E-state index contributed by atoms with van der Waals surface area (Å²) < 4.78 is 2.25. The highest BCUT2D eigenvalue weighted by Gasteiger charge is 2.10. The lowest BCUT2D eigenvalue weighted by Gasteiger charge is -2.12. The first-order chi connectivity index (χ1) is 10.5. The van der Waals surface area contributed by atoms with Crippen LogP contribution in [0.3, 0.4) is 0 Å². The molecular formula is C16H22N4OS. The predicted molar refractivity (Wildman–Crippen MR) is 89.2 cm³/mol. The van der Waals surface area contributed by atoms with Gasteiger partial charge >= 0.3 is 0 Å². The van der Waals surface area contributed by atoms with Gasteiger partial charge in [0, 0.05) is 13.0 Å². The highest BCUT2D eigenvalue weighted by Crippen LogP contribution is 2.12. The molecule has 0 aliphatic carbocycles. The van der Waals surface area contributed by atoms with Crippen molar-refractivity contribution in [2.45, 2.75) is 46.7 Å². The van der Waals surface area contributed by atoms with E-state index in [0.29, 0.717) is 11.3 Å². The highest BCUT2D eigenvalue weighted by molar-refractivity contribution is 7.71. The van der Waals surface area contributed by atoms with E-state index in [1.54, 1.807) is 4.57 Å². The van der Waals surface area contributed by atoms with Crippen LogP contribution in [0.2, 0.25) is 0 Å². The summed E-state index contributed by atoms with van der Waals surface area (Å²) in [7, 11) is 0. The smallest absolute Gasteiger partial charge is 0.240 e. The number of rotatable bonds is 6. The molecule has 1 aromatic heterocycles. The summed E-state index contributed by atoms with van der Waals surface area (Å²) in [5.74, 6) is 0.771. The second-order valence-corrected chi connectivity index (χ2v) is 5.81. The fraction of sp³-hybridized carbons (Fsp3) is 0.438. The molecule has 0 unspecified atom stereocenters. The summed E-state index contributed by atoms with van der Waals surface area (Å²) in [4.78, 5) is 12.2. The third-order valence-corrected chi connectivity index (χ3v) is 4.03. The van der Waals surface area contributed by atoms with Crippen LogP contribution < -0.4 is 5.32 Å². The molecule has 0 saturated carbocycles. The lowest BCUT2D eigenvalue weighted by molar-refractivity contribution is -0.121. The Hall–Kier alpha value is -1.95. The molecular weight excluding hydrogens is 296 g/mol. The van der Waals surface area contributed by atoms with E-state index in [2.05, 4.69) is 48.4 Å². The first-order valence-electron chi connectivity index (χ1n) is 7.48. The zero-order valence-electron chi connectivity index (χ0n) is 13.3. The van der Waals surface area contributed by atoms with Crippen molar-refractivity contribution in [1.29, 1.82) is 0 Å². The van der Waals surface area contributed by atoms with E-state index in [0.717, 1.165) is 18.7 Å². The van der Waals surface area contributed by atoms with Gasteiger partial charge in [-0.15, -0.1) is 0 Å². The van der Waals surface area contributed by atoms with Gasteiger partial charge in [-0.3, -0.25) is 14.5 Å². The summed E-state index contributed by atoms with van der Waals surface area (Å²) in [5, 5.41) is 9.89. The maximum absolute atomic E-state index is 12.2. The summed E-state index contributed by atoms with van der Waals surface area (Å²) >= 11 is 5.19. The van der Waals surface area contributed by atoms with Gasteiger partial charge < -0.3 is 5.32 Å². The number of hydrogen-bond donors (Lipinski definition) is 2. The van der Waals surface area contributed by atoms with Crippen LogP contribution in [0.1, 0.15) is 35.9 Å². The standard InChI is InChI=1S/C16H22N4OS/c1-4-6-14-18-19-16(22)20(14)10-15(21)17-9-13-11(2)7-5-8-12(13)3/h5,7-8H,4,6,9-10H2,1-3H3,(H,17,21)(H,19,22). The zero-order valence-corrected chi connectivity index (χ0v) is 14.1. The van der Waals surface area contributed by atoms with Gasteiger partial charge in [0.1, 0.15) is 12.4 Å². The Morgan fingerprint density at radius 1 is 1.36 bits per heavy atom. The number of carbonyl (C=O) groups excluding carboxylic acids is 1. The largest absolute Gasteiger partial charge is 0.350 e. The summed E-state index contributed by atoms with van der Waals surface area (Å²) in [5.41, 5.74) is 3.54. The van der Waals surface area contributed by atoms with Gasteiger partial charge in [-0.25, -0.2) is 0 Å². The normalized spacial score (nSPS) is 10.7. The Bertz CT molecular complexity index is 697. The van der Waals surface area contributed by atoms with Gasteiger partial charge in [-0.2, -0.15) is 5.10 Å². The van der Waals surface area contributed by atoms with Crippen molar-refractivity contribution in [3.8, 4) is 0 Å². The zero-order chi connectivity index (χ0) is 16.1. The van der Waals surface area contributed by atoms with Gasteiger partial charge in [0.2, 0.25) is 5.91 Å². The molecule has 22 heavy (non-hydrogen) atoms. The second-order valence-electron chi connectivity index (χ2n) is 5.43. The summed E-state index contributed by atoms with van der Waals surface area (Å²) in [6.45, 7) is 6.92. The van der Waals surface area contributed by atoms with Crippen molar-refractivity contribution in [3.63, 3.8) is 0 Å². The minimum atomic E-state index is -0.0579. The van der Waals surface area contributed by atoms with Gasteiger partial charge in [0.05, 0.1) is 0 Å². The minimum Gasteiger partial charge on any atom is -0.350 e. The third-order valence-electron chi connectivity index (χ3n) is 3.72. The van der Waals surface area contributed by atoms with Crippen LogP contribution in [0.25, 0.3) is 0 Å². The van der Waals surface area contributed by atoms with Crippen LogP contribution in [-0.2, 0) is 24.3 Å².